The van der Waals surface area contributed by atoms with Gasteiger partial charge in [-0.1, -0.05) is 0 Å². The number of rotatable bonds is 4. The summed E-state index contributed by atoms with van der Waals surface area (Å²) in [4.78, 5) is 15.7. The van der Waals surface area contributed by atoms with Crippen LogP contribution >= 0.6 is 11.9 Å². The number of methoxy groups -OCH3 is 1. The SMILES string of the molecule is COC(=O)c1ccc(SNC(C)(C)C)cc1N1CCC2(CC1)CC2. The maximum atomic E-state index is 12.2. The van der Waals surface area contributed by atoms with Crippen LogP contribution in [-0.2, 0) is 4.74 Å². The van der Waals surface area contributed by atoms with Gasteiger partial charge in [0, 0.05) is 23.5 Å². The molecule has 132 valence electrons. The van der Waals surface area contributed by atoms with Crippen molar-refractivity contribution in [3.63, 3.8) is 0 Å². The molecule has 1 aliphatic heterocycles. The molecular formula is C19H28N2O2S. The number of carbonyl (C=O) groups is 1. The van der Waals surface area contributed by atoms with Crippen molar-refractivity contribution >= 4 is 23.6 Å². The summed E-state index contributed by atoms with van der Waals surface area (Å²) in [5.74, 6) is -0.253. The van der Waals surface area contributed by atoms with Gasteiger partial charge in [-0.3, -0.25) is 4.72 Å². The maximum Gasteiger partial charge on any atom is 0.339 e. The molecule has 1 aromatic carbocycles. The summed E-state index contributed by atoms with van der Waals surface area (Å²) in [6.07, 6.45) is 5.25. The lowest BCUT2D eigenvalue weighted by Crippen LogP contribution is -2.35. The molecule has 1 heterocycles. The normalized spacial score (nSPS) is 19.4. The van der Waals surface area contributed by atoms with Crippen molar-refractivity contribution in [1.29, 1.82) is 0 Å². The van der Waals surface area contributed by atoms with Crippen LogP contribution in [0.3, 0.4) is 0 Å². The van der Waals surface area contributed by atoms with Gasteiger partial charge in [0.2, 0.25) is 0 Å². The van der Waals surface area contributed by atoms with Gasteiger partial charge in [-0.05, 0) is 82.0 Å². The van der Waals surface area contributed by atoms with E-state index in [0.29, 0.717) is 11.0 Å². The second-order valence-corrected chi connectivity index (χ2v) is 8.99. The van der Waals surface area contributed by atoms with Gasteiger partial charge in [0.1, 0.15) is 0 Å². The van der Waals surface area contributed by atoms with E-state index in [1.54, 1.807) is 11.9 Å². The molecule has 0 unspecified atom stereocenters. The Morgan fingerprint density at radius 3 is 2.42 bits per heavy atom. The molecule has 5 heteroatoms. The third-order valence-electron chi connectivity index (χ3n) is 4.97. The van der Waals surface area contributed by atoms with Crippen LogP contribution in [0, 0.1) is 5.41 Å². The highest BCUT2D eigenvalue weighted by Gasteiger charge is 2.44. The lowest BCUT2D eigenvalue weighted by atomic mass is 9.93. The summed E-state index contributed by atoms with van der Waals surface area (Å²) >= 11 is 1.62. The molecule has 1 aliphatic carbocycles. The highest BCUT2D eigenvalue weighted by Crippen LogP contribution is 2.54. The smallest absolute Gasteiger partial charge is 0.339 e. The van der Waals surface area contributed by atoms with Crippen LogP contribution in [0.5, 0.6) is 0 Å². The molecule has 2 aliphatic rings. The molecule has 0 radical (unpaired) electrons. The van der Waals surface area contributed by atoms with Crippen LogP contribution < -0.4 is 9.62 Å². The van der Waals surface area contributed by atoms with Crippen molar-refractivity contribution in [2.45, 2.75) is 56.9 Å². The molecule has 4 nitrogen and oxygen atoms in total. The summed E-state index contributed by atoms with van der Waals surface area (Å²) in [7, 11) is 1.45. The van der Waals surface area contributed by atoms with E-state index in [2.05, 4.69) is 36.5 Å². The number of esters is 1. The number of piperidine rings is 1. The van der Waals surface area contributed by atoms with Crippen LogP contribution in [0.4, 0.5) is 5.69 Å². The van der Waals surface area contributed by atoms with Crippen LogP contribution in [-0.4, -0.2) is 31.7 Å². The molecule has 1 saturated carbocycles. The van der Waals surface area contributed by atoms with Crippen LogP contribution in [0.25, 0.3) is 0 Å². The van der Waals surface area contributed by atoms with Gasteiger partial charge in [0.05, 0.1) is 18.4 Å². The van der Waals surface area contributed by atoms with Crippen LogP contribution in [0.15, 0.2) is 23.1 Å². The van der Waals surface area contributed by atoms with Crippen LogP contribution in [0.1, 0.15) is 56.8 Å². The van der Waals surface area contributed by atoms with E-state index in [4.69, 9.17) is 4.74 Å². The molecule has 1 spiro atoms. The summed E-state index contributed by atoms with van der Waals surface area (Å²) in [6.45, 7) is 8.49. The zero-order valence-corrected chi connectivity index (χ0v) is 16.0. The first-order valence-electron chi connectivity index (χ1n) is 8.73. The first kappa shape index (κ1) is 17.6. The average Bonchev–Trinajstić information content (AvgIpc) is 3.31. The topological polar surface area (TPSA) is 41.6 Å². The Morgan fingerprint density at radius 2 is 1.88 bits per heavy atom. The number of anilines is 1. The van der Waals surface area contributed by atoms with Crippen molar-refractivity contribution in [2.75, 3.05) is 25.1 Å². The van der Waals surface area contributed by atoms with Gasteiger partial charge in [-0.15, -0.1) is 0 Å². The van der Waals surface area contributed by atoms with E-state index in [0.717, 1.165) is 23.7 Å². The van der Waals surface area contributed by atoms with Gasteiger partial charge in [-0.25, -0.2) is 4.79 Å². The van der Waals surface area contributed by atoms with Crippen molar-refractivity contribution in [1.82, 2.24) is 4.72 Å². The number of hydrogen-bond acceptors (Lipinski definition) is 5. The quantitative estimate of drug-likeness (QED) is 0.651. The minimum atomic E-state index is -0.253. The molecule has 24 heavy (non-hydrogen) atoms. The standard InChI is InChI=1S/C19H28N2O2S/c1-18(2,3)20-24-14-5-6-15(17(22)23-4)16(13-14)21-11-9-19(7-8-19)10-12-21/h5-6,13,20H,7-12H2,1-4H3. The first-order valence-corrected chi connectivity index (χ1v) is 9.55. The third kappa shape index (κ3) is 4.06. The number of ether oxygens (including phenoxy) is 1. The van der Waals surface area contributed by atoms with Crippen molar-refractivity contribution in [2.24, 2.45) is 5.41 Å². The Labute approximate surface area is 149 Å². The lowest BCUT2D eigenvalue weighted by Gasteiger charge is -2.35. The summed E-state index contributed by atoms with van der Waals surface area (Å²) in [6, 6.07) is 6.02. The molecule has 3 rings (SSSR count). The number of hydrogen-bond donors (Lipinski definition) is 1. The van der Waals surface area contributed by atoms with Crippen molar-refractivity contribution in [3.05, 3.63) is 23.8 Å². The highest BCUT2D eigenvalue weighted by molar-refractivity contribution is 7.97. The summed E-state index contributed by atoms with van der Waals surface area (Å²) in [5, 5.41) is 0. The Kier molecular flexibility index (Phi) is 4.85. The minimum Gasteiger partial charge on any atom is -0.465 e. The van der Waals surface area contributed by atoms with Gasteiger partial charge >= 0.3 is 5.97 Å². The Balaban J connectivity index is 1.81. The van der Waals surface area contributed by atoms with Gasteiger partial charge in [-0.2, -0.15) is 0 Å². The molecule has 0 bridgehead atoms. The summed E-state index contributed by atoms with van der Waals surface area (Å²) < 4.78 is 8.42. The van der Waals surface area contributed by atoms with Gasteiger partial charge in [0.15, 0.2) is 0 Å². The summed E-state index contributed by atoms with van der Waals surface area (Å²) in [5.41, 5.74) is 2.35. The Hall–Kier alpha value is -1.20. The molecule has 1 aromatic rings. The fraction of sp³-hybridized carbons (Fsp3) is 0.632. The largest absolute Gasteiger partial charge is 0.465 e. The Bertz CT molecular complexity index is 610. The highest BCUT2D eigenvalue weighted by atomic mass is 32.2. The molecule has 0 aromatic heterocycles. The zero-order chi connectivity index (χ0) is 17.4. The zero-order valence-electron chi connectivity index (χ0n) is 15.1. The van der Waals surface area contributed by atoms with Crippen molar-refractivity contribution in [3.8, 4) is 0 Å². The van der Waals surface area contributed by atoms with E-state index in [1.807, 2.05) is 12.1 Å². The molecule has 1 saturated heterocycles. The number of nitrogens with one attached hydrogen (secondary N) is 1. The lowest BCUT2D eigenvalue weighted by molar-refractivity contribution is 0.0601. The number of benzene rings is 1. The van der Waals surface area contributed by atoms with E-state index >= 15 is 0 Å². The molecule has 0 amide bonds. The molecule has 2 fully saturated rings. The van der Waals surface area contributed by atoms with E-state index in [-0.39, 0.29) is 11.5 Å². The number of carbonyl (C=O) groups excluding carboxylic acids is 1. The molecule has 0 atom stereocenters. The van der Waals surface area contributed by atoms with E-state index in [1.165, 1.54) is 32.8 Å². The van der Waals surface area contributed by atoms with Crippen molar-refractivity contribution < 1.29 is 9.53 Å². The molecule has 1 N–H and O–H groups in total. The van der Waals surface area contributed by atoms with E-state index < -0.39 is 0 Å². The first-order chi connectivity index (χ1) is 11.3. The fourth-order valence-corrected chi connectivity index (χ4v) is 3.96. The monoisotopic (exact) mass is 348 g/mol. The van der Waals surface area contributed by atoms with Gasteiger partial charge < -0.3 is 9.64 Å². The van der Waals surface area contributed by atoms with E-state index in [9.17, 15) is 4.79 Å². The maximum absolute atomic E-state index is 12.2. The fourth-order valence-electron chi connectivity index (χ4n) is 3.23. The second kappa shape index (κ2) is 6.60. The predicted octanol–water partition coefficient (Wildman–Crippen LogP) is 4.25. The third-order valence-corrected chi connectivity index (χ3v) is 6.18. The molecular weight excluding hydrogens is 320 g/mol. The number of nitrogens with zero attached hydrogens (tertiary/aromatic N) is 1. The average molecular weight is 349 g/mol. The minimum absolute atomic E-state index is 0.0370. The van der Waals surface area contributed by atoms with Crippen LogP contribution in [0.2, 0.25) is 0 Å². The second-order valence-electron chi connectivity index (χ2n) is 8.11. The Morgan fingerprint density at radius 1 is 1.21 bits per heavy atom. The predicted molar refractivity (Wildman–Crippen MR) is 99.6 cm³/mol. The van der Waals surface area contributed by atoms with Gasteiger partial charge in [0.25, 0.3) is 0 Å².